The zero-order valence-electron chi connectivity index (χ0n) is 32.2. The molecule has 2 saturated carbocycles. The number of Topliss-reactive ketones (excluding diaryl/α,β-unsaturated/α-hetero) is 2. The number of aryl methyl sites for hydroxylation is 2. The molecule has 2 fully saturated rings. The Morgan fingerprint density at radius 2 is 1.69 bits per heavy atom. The standard InChI is InChI=1S/C17H30O.C14H15N.C8H9F.C3H6O.C2H6/c1-6-8-9-14(3)10-12-17(7-2)13-11-15(4)16(5)18;15-10-11-4-3-6-12(8-11)14-7-2-1-5-13(14)9-14;1-6-3-4-8(9)7(2)5-6;1-3(2)4;1-2/h6,8-9,15,17H,7,10-13H2,1-5H3;3-4,6,8,13H,1-2,5,7,9H2;3-5H,1-2H3;1-2H3;1-2H3/b8-6-,14-9+;;;;. The maximum absolute atomic E-state index is 12.5. The first-order valence-corrected chi connectivity index (χ1v) is 18.3. The van der Waals surface area contributed by atoms with Crippen LogP contribution in [0.25, 0.3) is 0 Å². The highest BCUT2D eigenvalue weighted by Crippen LogP contribution is 2.62. The van der Waals surface area contributed by atoms with Crippen LogP contribution in [0.4, 0.5) is 4.39 Å². The molecule has 2 aromatic rings. The summed E-state index contributed by atoms with van der Waals surface area (Å²) in [5.41, 5.74) is 5.99. The van der Waals surface area contributed by atoms with Gasteiger partial charge in [0.05, 0.1) is 11.6 Å². The first-order chi connectivity index (χ1) is 22.8. The number of nitrogens with zero attached hydrogens (tertiary/aromatic N) is 1. The van der Waals surface area contributed by atoms with Gasteiger partial charge in [-0.15, -0.1) is 0 Å². The van der Waals surface area contributed by atoms with Crippen molar-refractivity contribution in [3.8, 4) is 6.07 Å². The van der Waals surface area contributed by atoms with E-state index in [1.54, 1.807) is 19.9 Å². The summed E-state index contributed by atoms with van der Waals surface area (Å²) in [7, 11) is 0. The number of fused-ring (bicyclic) bond motifs is 1. The molecule has 3 nitrogen and oxygen atoms in total. The van der Waals surface area contributed by atoms with Gasteiger partial charge in [-0.1, -0.05) is 101 Å². The molecular weight excluding hydrogens is 593 g/mol. The molecular formula is C44H66FNO2. The molecule has 0 spiro atoms. The van der Waals surface area contributed by atoms with Gasteiger partial charge in [0.1, 0.15) is 17.4 Å². The van der Waals surface area contributed by atoms with Gasteiger partial charge in [0.25, 0.3) is 0 Å². The molecule has 0 bridgehead atoms. The van der Waals surface area contributed by atoms with Crippen molar-refractivity contribution in [1.82, 2.24) is 0 Å². The number of rotatable bonds is 10. The summed E-state index contributed by atoms with van der Waals surface area (Å²) in [6.07, 6.45) is 19.1. The summed E-state index contributed by atoms with van der Waals surface area (Å²) in [6, 6.07) is 15.6. The topological polar surface area (TPSA) is 57.9 Å². The number of hydrogen-bond acceptors (Lipinski definition) is 3. The number of allylic oxidation sites excluding steroid dienone is 4. The Balaban J connectivity index is 0.000000659. The van der Waals surface area contributed by atoms with Crippen LogP contribution in [0.3, 0.4) is 0 Å². The highest BCUT2D eigenvalue weighted by molar-refractivity contribution is 5.77. The van der Waals surface area contributed by atoms with Gasteiger partial charge in [0.2, 0.25) is 0 Å². The fraction of sp³-hybridized carbons (Fsp3) is 0.568. The third kappa shape index (κ3) is 17.7. The zero-order chi connectivity index (χ0) is 36.7. The van der Waals surface area contributed by atoms with Gasteiger partial charge < -0.3 is 4.79 Å². The van der Waals surface area contributed by atoms with Crippen molar-refractivity contribution >= 4 is 11.6 Å². The quantitative estimate of drug-likeness (QED) is 0.238. The van der Waals surface area contributed by atoms with E-state index in [1.165, 1.54) is 88.8 Å². The van der Waals surface area contributed by atoms with E-state index in [2.05, 4.69) is 50.3 Å². The van der Waals surface area contributed by atoms with E-state index in [-0.39, 0.29) is 17.5 Å². The maximum Gasteiger partial charge on any atom is 0.132 e. The minimum absolute atomic E-state index is 0.124. The lowest BCUT2D eigenvalue weighted by molar-refractivity contribution is -0.120. The van der Waals surface area contributed by atoms with Crippen LogP contribution in [0.1, 0.15) is 149 Å². The van der Waals surface area contributed by atoms with Crippen molar-refractivity contribution in [2.45, 2.75) is 146 Å². The molecule has 0 amide bonds. The molecule has 0 saturated heterocycles. The monoisotopic (exact) mass is 660 g/mol. The minimum atomic E-state index is -0.124. The molecule has 4 heteroatoms. The van der Waals surface area contributed by atoms with Crippen LogP contribution in [0, 0.1) is 48.7 Å². The molecule has 0 aliphatic heterocycles. The van der Waals surface area contributed by atoms with Crippen molar-refractivity contribution < 1.29 is 14.0 Å². The molecule has 0 N–H and O–H groups in total. The Morgan fingerprint density at radius 1 is 1.02 bits per heavy atom. The van der Waals surface area contributed by atoms with E-state index in [0.717, 1.165) is 34.9 Å². The van der Waals surface area contributed by atoms with Gasteiger partial charge in [-0.25, -0.2) is 4.39 Å². The van der Waals surface area contributed by atoms with Gasteiger partial charge in [0.15, 0.2) is 0 Å². The molecule has 48 heavy (non-hydrogen) atoms. The largest absolute Gasteiger partial charge is 0.300 e. The van der Waals surface area contributed by atoms with Gasteiger partial charge in [-0.05, 0) is 140 Å². The zero-order valence-corrected chi connectivity index (χ0v) is 32.2. The number of benzene rings is 2. The van der Waals surface area contributed by atoms with Crippen LogP contribution in [0.5, 0.6) is 0 Å². The molecule has 2 aliphatic carbocycles. The van der Waals surface area contributed by atoms with Crippen LogP contribution in [-0.2, 0) is 15.0 Å². The van der Waals surface area contributed by atoms with E-state index in [1.807, 2.05) is 52.8 Å². The predicted molar refractivity (Wildman–Crippen MR) is 204 cm³/mol. The Labute approximate surface area is 294 Å². The van der Waals surface area contributed by atoms with Crippen LogP contribution in [0.15, 0.2) is 66.3 Å². The van der Waals surface area contributed by atoms with Gasteiger partial charge in [0, 0.05) is 5.92 Å². The molecule has 266 valence electrons. The molecule has 0 heterocycles. The van der Waals surface area contributed by atoms with Crippen molar-refractivity contribution in [3.63, 3.8) is 0 Å². The first-order valence-electron chi connectivity index (χ1n) is 18.3. The highest BCUT2D eigenvalue weighted by Gasteiger charge is 2.55. The lowest BCUT2D eigenvalue weighted by atomic mass is 9.82. The van der Waals surface area contributed by atoms with Crippen LogP contribution in [-0.4, -0.2) is 11.6 Å². The SMILES string of the molecule is C/C=C\C=C(/C)CCC(CC)CCC(C)C(C)=O.CC.CC(C)=O.Cc1ccc(F)c(C)c1.N#Cc1cccc(C23CCCCC2C3)c1. The summed E-state index contributed by atoms with van der Waals surface area (Å²) in [5, 5.41) is 8.91. The second-order valence-corrected chi connectivity index (χ2v) is 13.6. The summed E-state index contributed by atoms with van der Waals surface area (Å²) in [5.74, 6) is 2.29. The smallest absolute Gasteiger partial charge is 0.132 e. The number of ketones is 2. The Kier molecular flexibility index (Phi) is 23.1. The van der Waals surface area contributed by atoms with Crippen molar-refractivity contribution in [2.75, 3.05) is 0 Å². The first kappa shape index (κ1) is 44.7. The third-order valence-corrected chi connectivity index (χ3v) is 9.34. The fourth-order valence-electron chi connectivity index (χ4n) is 6.10. The number of halogens is 1. The molecule has 2 aliphatic rings. The maximum atomic E-state index is 12.5. The van der Waals surface area contributed by atoms with Crippen LogP contribution < -0.4 is 0 Å². The van der Waals surface area contributed by atoms with E-state index in [0.29, 0.717) is 11.2 Å². The third-order valence-electron chi connectivity index (χ3n) is 9.34. The molecule has 4 rings (SSSR count). The lowest BCUT2D eigenvalue weighted by Crippen LogP contribution is -2.14. The average Bonchev–Trinajstić information content (AvgIpc) is 3.83. The number of carbonyl (C=O) groups is 2. The molecule has 4 unspecified atom stereocenters. The van der Waals surface area contributed by atoms with Gasteiger partial charge >= 0.3 is 0 Å². The number of hydrogen-bond donors (Lipinski definition) is 0. The average molecular weight is 660 g/mol. The van der Waals surface area contributed by atoms with E-state index in [4.69, 9.17) is 5.26 Å². The number of nitriles is 1. The highest BCUT2D eigenvalue weighted by atomic mass is 19.1. The van der Waals surface area contributed by atoms with Crippen molar-refractivity contribution in [1.29, 1.82) is 5.26 Å². The van der Waals surface area contributed by atoms with Crippen LogP contribution >= 0.6 is 0 Å². The molecule has 2 aromatic carbocycles. The van der Waals surface area contributed by atoms with E-state index >= 15 is 0 Å². The van der Waals surface area contributed by atoms with Crippen molar-refractivity contribution in [2.24, 2.45) is 17.8 Å². The van der Waals surface area contributed by atoms with E-state index in [9.17, 15) is 14.0 Å². The normalized spacial score (nSPS) is 18.7. The van der Waals surface area contributed by atoms with Crippen molar-refractivity contribution in [3.05, 3.63) is 94.3 Å². The Morgan fingerprint density at radius 3 is 2.21 bits per heavy atom. The summed E-state index contributed by atoms with van der Waals surface area (Å²) < 4.78 is 12.5. The number of carbonyl (C=O) groups excluding carboxylic acids is 2. The minimum Gasteiger partial charge on any atom is -0.300 e. The predicted octanol–water partition coefficient (Wildman–Crippen LogP) is 12.8. The lowest BCUT2D eigenvalue weighted by Gasteiger charge is -2.22. The van der Waals surface area contributed by atoms with Crippen LogP contribution in [0.2, 0.25) is 0 Å². The second-order valence-electron chi connectivity index (χ2n) is 13.6. The van der Waals surface area contributed by atoms with Gasteiger partial charge in [-0.2, -0.15) is 5.26 Å². The van der Waals surface area contributed by atoms with Gasteiger partial charge in [-0.3, -0.25) is 4.79 Å². The summed E-state index contributed by atoms with van der Waals surface area (Å²) >= 11 is 0. The second kappa shape index (κ2) is 24.8. The summed E-state index contributed by atoms with van der Waals surface area (Å²) in [4.78, 5) is 20.7. The molecule has 0 radical (unpaired) electrons. The Bertz CT molecular complexity index is 1330. The summed E-state index contributed by atoms with van der Waals surface area (Å²) in [6.45, 7) is 21.0. The van der Waals surface area contributed by atoms with E-state index < -0.39 is 0 Å². The fourth-order valence-corrected chi connectivity index (χ4v) is 6.10. The molecule has 4 atom stereocenters. The molecule has 0 aromatic heterocycles. The Hall–Kier alpha value is -3.32.